The molecule has 0 radical (unpaired) electrons. The Kier molecular flexibility index (Phi) is 6.38. The number of carbonyl (C=O) groups is 1. The predicted molar refractivity (Wildman–Crippen MR) is 117 cm³/mol. The second kappa shape index (κ2) is 9.53. The van der Waals surface area contributed by atoms with Crippen molar-refractivity contribution in [1.29, 1.82) is 0 Å². The third-order valence-electron chi connectivity index (χ3n) is 5.68. The lowest BCUT2D eigenvalue weighted by atomic mass is 9.94. The van der Waals surface area contributed by atoms with Gasteiger partial charge < -0.3 is 5.32 Å². The van der Waals surface area contributed by atoms with Crippen molar-refractivity contribution in [2.45, 2.75) is 25.4 Å². The van der Waals surface area contributed by atoms with E-state index in [-0.39, 0.29) is 17.9 Å². The second-order valence-electron chi connectivity index (χ2n) is 7.82. The molecule has 1 fully saturated rings. The lowest BCUT2D eigenvalue weighted by Crippen LogP contribution is -2.43. The van der Waals surface area contributed by atoms with Crippen molar-refractivity contribution in [1.82, 2.24) is 10.2 Å². The quantitative estimate of drug-likeness (QED) is 0.662. The summed E-state index contributed by atoms with van der Waals surface area (Å²) >= 11 is 0. The molecule has 3 aromatic carbocycles. The van der Waals surface area contributed by atoms with Gasteiger partial charge in [0.1, 0.15) is 0 Å². The molecule has 3 nitrogen and oxygen atoms in total. The minimum Gasteiger partial charge on any atom is -0.345 e. The Labute approximate surface area is 173 Å². The number of nitrogens with one attached hydrogen (secondary N) is 1. The largest absolute Gasteiger partial charge is 0.345 e. The molecule has 0 spiro atoms. The molecular weight excluding hydrogens is 356 g/mol. The Morgan fingerprint density at radius 2 is 1.41 bits per heavy atom. The molecule has 1 N–H and O–H groups in total. The molecule has 0 bridgehead atoms. The molecule has 1 aliphatic heterocycles. The minimum absolute atomic E-state index is 0.0300. The van der Waals surface area contributed by atoms with Crippen molar-refractivity contribution in [3.05, 3.63) is 108 Å². The Morgan fingerprint density at radius 3 is 2.00 bits per heavy atom. The van der Waals surface area contributed by atoms with Crippen LogP contribution in [0.25, 0.3) is 0 Å². The molecule has 4 rings (SSSR count). The van der Waals surface area contributed by atoms with Crippen molar-refractivity contribution in [2.75, 3.05) is 13.1 Å². The van der Waals surface area contributed by atoms with Gasteiger partial charge in [-0.15, -0.1) is 0 Å². The van der Waals surface area contributed by atoms with Crippen LogP contribution in [-0.4, -0.2) is 23.9 Å². The summed E-state index contributed by atoms with van der Waals surface area (Å²) in [5.74, 6) is 0.183. The summed E-state index contributed by atoms with van der Waals surface area (Å²) in [4.78, 5) is 15.6. The van der Waals surface area contributed by atoms with Crippen molar-refractivity contribution in [2.24, 2.45) is 5.92 Å². The van der Waals surface area contributed by atoms with Crippen LogP contribution < -0.4 is 5.32 Å². The standard InChI is InChI=1S/C26H28N2O/c29-26(24-17-10-18-28(20-24)19-21-11-4-1-5-12-21)27-25(22-13-6-2-7-14-22)23-15-8-3-9-16-23/h1-9,11-16,24-25H,10,17-20H2,(H,27,29)/t24-/m0/s1. The van der Waals surface area contributed by atoms with E-state index in [9.17, 15) is 4.79 Å². The van der Waals surface area contributed by atoms with Crippen molar-refractivity contribution < 1.29 is 4.79 Å². The fraction of sp³-hybridized carbons (Fsp3) is 0.269. The number of carbonyl (C=O) groups excluding carboxylic acids is 1. The van der Waals surface area contributed by atoms with Gasteiger partial charge in [0, 0.05) is 13.1 Å². The monoisotopic (exact) mass is 384 g/mol. The van der Waals surface area contributed by atoms with Crippen molar-refractivity contribution in [3.63, 3.8) is 0 Å². The summed E-state index contributed by atoms with van der Waals surface area (Å²) in [6, 6.07) is 30.9. The minimum atomic E-state index is -0.116. The highest BCUT2D eigenvalue weighted by Crippen LogP contribution is 2.24. The molecule has 0 unspecified atom stereocenters. The van der Waals surface area contributed by atoms with E-state index in [2.05, 4.69) is 58.7 Å². The van der Waals surface area contributed by atoms with Crippen LogP contribution in [0.1, 0.15) is 35.6 Å². The highest BCUT2D eigenvalue weighted by Gasteiger charge is 2.28. The highest BCUT2D eigenvalue weighted by molar-refractivity contribution is 5.80. The molecule has 1 saturated heterocycles. The van der Waals surface area contributed by atoms with Gasteiger partial charge in [0.05, 0.1) is 12.0 Å². The van der Waals surface area contributed by atoms with Gasteiger partial charge in [-0.3, -0.25) is 9.69 Å². The molecule has 1 amide bonds. The van der Waals surface area contributed by atoms with E-state index in [0.29, 0.717) is 0 Å². The molecule has 29 heavy (non-hydrogen) atoms. The summed E-state index contributed by atoms with van der Waals surface area (Å²) < 4.78 is 0. The zero-order valence-corrected chi connectivity index (χ0v) is 16.7. The number of hydrogen-bond acceptors (Lipinski definition) is 2. The van der Waals surface area contributed by atoms with E-state index >= 15 is 0 Å². The van der Waals surface area contributed by atoms with Crippen LogP contribution in [0, 0.1) is 5.92 Å². The molecular formula is C26H28N2O. The smallest absolute Gasteiger partial charge is 0.225 e. The zero-order valence-electron chi connectivity index (χ0n) is 16.7. The fourth-order valence-corrected chi connectivity index (χ4v) is 4.16. The molecule has 1 aliphatic rings. The maximum absolute atomic E-state index is 13.2. The molecule has 0 aliphatic carbocycles. The van der Waals surface area contributed by atoms with E-state index < -0.39 is 0 Å². The van der Waals surface area contributed by atoms with Crippen LogP contribution in [0.5, 0.6) is 0 Å². The molecule has 148 valence electrons. The number of hydrogen-bond donors (Lipinski definition) is 1. The van der Waals surface area contributed by atoms with Gasteiger partial charge in [-0.1, -0.05) is 91.0 Å². The lowest BCUT2D eigenvalue weighted by molar-refractivity contribution is -0.127. The lowest BCUT2D eigenvalue weighted by Gasteiger charge is -2.33. The van der Waals surface area contributed by atoms with Crippen LogP contribution in [0.4, 0.5) is 0 Å². The first-order valence-electron chi connectivity index (χ1n) is 10.5. The third kappa shape index (κ3) is 5.12. The van der Waals surface area contributed by atoms with Crippen molar-refractivity contribution >= 4 is 5.91 Å². The van der Waals surface area contributed by atoms with Gasteiger partial charge >= 0.3 is 0 Å². The average molecular weight is 385 g/mol. The fourth-order valence-electron chi connectivity index (χ4n) is 4.16. The van der Waals surface area contributed by atoms with Crippen LogP contribution in [0.2, 0.25) is 0 Å². The molecule has 1 heterocycles. The van der Waals surface area contributed by atoms with E-state index in [4.69, 9.17) is 0 Å². The van der Waals surface area contributed by atoms with Crippen molar-refractivity contribution in [3.8, 4) is 0 Å². The maximum atomic E-state index is 13.2. The molecule has 0 aromatic heterocycles. The van der Waals surface area contributed by atoms with E-state index in [1.165, 1.54) is 5.56 Å². The van der Waals surface area contributed by atoms with Gasteiger partial charge in [-0.05, 0) is 36.1 Å². The van der Waals surface area contributed by atoms with E-state index in [1.54, 1.807) is 0 Å². The van der Waals surface area contributed by atoms with Gasteiger partial charge in [-0.2, -0.15) is 0 Å². The highest BCUT2D eigenvalue weighted by atomic mass is 16.2. The first-order valence-corrected chi connectivity index (χ1v) is 10.5. The Bertz CT molecular complexity index is 856. The van der Waals surface area contributed by atoms with E-state index in [1.807, 2.05) is 42.5 Å². The van der Waals surface area contributed by atoms with E-state index in [0.717, 1.165) is 43.6 Å². The summed E-state index contributed by atoms with van der Waals surface area (Å²) in [6.07, 6.45) is 2.01. The summed E-state index contributed by atoms with van der Waals surface area (Å²) in [6.45, 7) is 2.78. The number of amides is 1. The number of nitrogens with zero attached hydrogens (tertiary/aromatic N) is 1. The summed E-state index contributed by atoms with van der Waals surface area (Å²) in [5.41, 5.74) is 3.54. The number of likely N-dealkylation sites (tertiary alicyclic amines) is 1. The van der Waals surface area contributed by atoms with Gasteiger partial charge in [-0.25, -0.2) is 0 Å². The summed E-state index contributed by atoms with van der Waals surface area (Å²) in [7, 11) is 0. The first kappa shape index (κ1) is 19.4. The Balaban J connectivity index is 1.46. The van der Waals surface area contributed by atoms with Gasteiger partial charge in [0.15, 0.2) is 0 Å². The molecule has 1 atom stereocenters. The van der Waals surface area contributed by atoms with Crippen LogP contribution in [0.15, 0.2) is 91.0 Å². The number of benzene rings is 3. The first-order chi connectivity index (χ1) is 14.3. The predicted octanol–water partition coefficient (Wildman–Crippen LogP) is 4.80. The second-order valence-corrected chi connectivity index (χ2v) is 7.82. The molecule has 3 aromatic rings. The Morgan fingerprint density at radius 1 is 0.862 bits per heavy atom. The Hall–Kier alpha value is -2.91. The average Bonchev–Trinajstić information content (AvgIpc) is 2.79. The van der Waals surface area contributed by atoms with Gasteiger partial charge in [0.2, 0.25) is 5.91 Å². The van der Waals surface area contributed by atoms with Gasteiger partial charge in [0.25, 0.3) is 0 Å². The SMILES string of the molecule is O=C(NC(c1ccccc1)c1ccccc1)[C@H]1CCCN(Cc2ccccc2)C1. The topological polar surface area (TPSA) is 32.3 Å². The van der Waals surface area contributed by atoms with Crippen LogP contribution in [0.3, 0.4) is 0 Å². The third-order valence-corrected chi connectivity index (χ3v) is 5.68. The summed E-state index contributed by atoms with van der Waals surface area (Å²) in [5, 5.41) is 3.34. The number of rotatable bonds is 6. The molecule has 3 heteroatoms. The molecule has 0 saturated carbocycles. The number of piperidine rings is 1. The maximum Gasteiger partial charge on any atom is 0.225 e. The normalized spacial score (nSPS) is 17.2. The van der Waals surface area contributed by atoms with Crippen LogP contribution in [-0.2, 0) is 11.3 Å². The van der Waals surface area contributed by atoms with Crippen LogP contribution >= 0.6 is 0 Å². The zero-order chi connectivity index (χ0) is 19.9.